The van der Waals surface area contributed by atoms with Crippen molar-refractivity contribution in [2.45, 2.75) is 6.92 Å². The van der Waals surface area contributed by atoms with E-state index < -0.39 is 0 Å². The van der Waals surface area contributed by atoms with Crippen LogP contribution in [0.15, 0.2) is 28.5 Å². The van der Waals surface area contributed by atoms with Crippen molar-refractivity contribution in [3.63, 3.8) is 0 Å². The molecule has 0 saturated heterocycles. The Hall–Kier alpha value is -0.580. The van der Waals surface area contributed by atoms with Crippen LogP contribution >= 0.6 is 35.1 Å². The second kappa shape index (κ2) is 7.77. The molecule has 1 rings (SSSR count). The highest BCUT2D eigenvalue weighted by molar-refractivity contribution is 8.21. The number of hydrogen-bond donors (Lipinski definition) is 0. The van der Waals surface area contributed by atoms with Gasteiger partial charge in [0, 0.05) is 15.9 Å². The monoisotopic (exact) mass is 302 g/mol. The van der Waals surface area contributed by atoms with E-state index in [1.54, 1.807) is 47.8 Å². The first-order valence-corrected chi connectivity index (χ1v) is 8.21. The van der Waals surface area contributed by atoms with E-state index in [4.69, 9.17) is 16.3 Å². The van der Waals surface area contributed by atoms with E-state index in [1.165, 1.54) is 0 Å². The summed E-state index contributed by atoms with van der Waals surface area (Å²) in [4.78, 5) is 12.0. The van der Waals surface area contributed by atoms with E-state index in [-0.39, 0.29) is 5.78 Å². The van der Waals surface area contributed by atoms with Crippen LogP contribution in [0.3, 0.4) is 0 Å². The van der Waals surface area contributed by atoms with Gasteiger partial charge in [-0.25, -0.2) is 0 Å². The van der Waals surface area contributed by atoms with E-state index >= 15 is 0 Å². The van der Waals surface area contributed by atoms with Gasteiger partial charge in [0.2, 0.25) is 0 Å². The van der Waals surface area contributed by atoms with Crippen molar-refractivity contribution in [3.8, 4) is 5.75 Å². The summed E-state index contributed by atoms with van der Waals surface area (Å²) in [6.45, 7) is 2.44. The normalized spacial score (nSPS) is 10.0. The Morgan fingerprint density at radius 2 is 2.06 bits per heavy atom. The molecular weight excluding hydrogens is 288 g/mol. The van der Waals surface area contributed by atoms with Gasteiger partial charge in [-0.3, -0.25) is 4.79 Å². The summed E-state index contributed by atoms with van der Waals surface area (Å²) in [7, 11) is 0. The molecule has 1 aromatic rings. The third kappa shape index (κ3) is 4.26. The summed E-state index contributed by atoms with van der Waals surface area (Å²) in [6.07, 6.45) is 5.52. The summed E-state index contributed by atoms with van der Waals surface area (Å²) >= 11 is 9.16. The number of carbonyl (C=O) groups is 1. The van der Waals surface area contributed by atoms with E-state index in [2.05, 4.69) is 0 Å². The van der Waals surface area contributed by atoms with Gasteiger partial charge in [0.15, 0.2) is 5.78 Å². The Bertz CT molecular complexity index is 452. The third-order valence-electron chi connectivity index (χ3n) is 2.17. The zero-order chi connectivity index (χ0) is 13.5. The highest BCUT2D eigenvalue weighted by atomic mass is 35.5. The lowest BCUT2D eigenvalue weighted by atomic mass is 10.1. The molecule has 0 aliphatic carbocycles. The Morgan fingerprint density at radius 1 is 1.39 bits per heavy atom. The van der Waals surface area contributed by atoms with Crippen molar-refractivity contribution < 1.29 is 9.53 Å². The minimum atomic E-state index is -0.0429. The molecule has 0 aliphatic rings. The van der Waals surface area contributed by atoms with Crippen molar-refractivity contribution in [1.82, 2.24) is 0 Å². The molecule has 98 valence electrons. The maximum atomic E-state index is 12.0. The number of ketones is 1. The fourth-order valence-electron chi connectivity index (χ4n) is 1.32. The minimum Gasteiger partial charge on any atom is -0.492 e. The van der Waals surface area contributed by atoms with Crippen LogP contribution in [0.2, 0.25) is 5.02 Å². The fraction of sp³-hybridized carbons (Fsp3) is 0.308. The Labute approximate surface area is 121 Å². The molecular formula is C13H15ClO2S2. The SMILES string of the molecule is CCOc1ccc(C(=O)C=C(SC)SC)cc1Cl. The van der Waals surface area contributed by atoms with Crippen LogP contribution in [0, 0.1) is 0 Å². The molecule has 0 aromatic heterocycles. The van der Waals surface area contributed by atoms with Crippen LogP contribution in [0.4, 0.5) is 0 Å². The molecule has 18 heavy (non-hydrogen) atoms. The van der Waals surface area contributed by atoms with Gasteiger partial charge in [-0.2, -0.15) is 0 Å². The molecule has 0 saturated carbocycles. The summed E-state index contributed by atoms with van der Waals surface area (Å²) in [6, 6.07) is 5.10. The molecule has 0 aliphatic heterocycles. The van der Waals surface area contributed by atoms with Crippen LogP contribution < -0.4 is 4.74 Å². The van der Waals surface area contributed by atoms with Crippen molar-refractivity contribution >= 4 is 40.9 Å². The molecule has 5 heteroatoms. The number of carbonyl (C=O) groups excluding carboxylic acids is 1. The summed E-state index contributed by atoms with van der Waals surface area (Å²) < 4.78 is 6.30. The van der Waals surface area contributed by atoms with E-state index in [1.807, 2.05) is 19.4 Å². The standard InChI is InChI=1S/C13H15ClO2S2/c1-4-16-12-6-5-9(7-10(12)14)11(15)8-13(17-2)18-3/h5-8H,4H2,1-3H3. The van der Waals surface area contributed by atoms with Gasteiger partial charge in [0.25, 0.3) is 0 Å². The Kier molecular flexibility index (Phi) is 6.68. The van der Waals surface area contributed by atoms with Gasteiger partial charge in [-0.1, -0.05) is 11.6 Å². The zero-order valence-corrected chi connectivity index (χ0v) is 12.9. The number of ether oxygens (including phenoxy) is 1. The Balaban J connectivity index is 2.94. The first kappa shape index (κ1) is 15.5. The van der Waals surface area contributed by atoms with Gasteiger partial charge in [-0.05, 0) is 37.6 Å². The van der Waals surface area contributed by atoms with Gasteiger partial charge in [0.05, 0.1) is 11.6 Å². The average Bonchev–Trinajstić information content (AvgIpc) is 2.38. The third-order valence-corrected chi connectivity index (χ3v) is 4.50. The maximum Gasteiger partial charge on any atom is 0.187 e. The molecule has 0 fully saturated rings. The van der Waals surface area contributed by atoms with Gasteiger partial charge in [-0.15, -0.1) is 23.5 Å². The Morgan fingerprint density at radius 3 is 2.56 bits per heavy atom. The lowest BCUT2D eigenvalue weighted by molar-refractivity contribution is 0.104. The van der Waals surface area contributed by atoms with E-state index in [0.29, 0.717) is 22.9 Å². The van der Waals surface area contributed by atoms with Crippen LogP contribution in [0.5, 0.6) is 5.75 Å². The molecule has 2 nitrogen and oxygen atoms in total. The van der Waals surface area contributed by atoms with Crippen molar-refractivity contribution in [2.24, 2.45) is 0 Å². The molecule has 1 aromatic carbocycles. The van der Waals surface area contributed by atoms with Crippen molar-refractivity contribution in [2.75, 3.05) is 19.1 Å². The molecule has 0 bridgehead atoms. The lowest BCUT2D eigenvalue weighted by Crippen LogP contribution is -1.97. The molecule has 0 heterocycles. The van der Waals surface area contributed by atoms with Crippen LogP contribution in [-0.4, -0.2) is 24.9 Å². The maximum absolute atomic E-state index is 12.0. The van der Waals surface area contributed by atoms with E-state index in [9.17, 15) is 4.79 Å². The fourth-order valence-corrected chi connectivity index (χ4v) is 2.67. The van der Waals surface area contributed by atoms with Crippen LogP contribution in [0.1, 0.15) is 17.3 Å². The quantitative estimate of drug-likeness (QED) is 0.571. The minimum absolute atomic E-state index is 0.0429. The number of halogens is 1. The summed E-state index contributed by atoms with van der Waals surface area (Å²) in [5, 5.41) is 0.464. The van der Waals surface area contributed by atoms with Crippen LogP contribution in [-0.2, 0) is 0 Å². The number of allylic oxidation sites excluding steroid dienone is 1. The molecule has 0 N–H and O–H groups in total. The predicted molar refractivity (Wildman–Crippen MR) is 82.1 cm³/mol. The summed E-state index contributed by atoms with van der Waals surface area (Å²) in [5.41, 5.74) is 0.573. The van der Waals surface area contributed by atoms with Crippen molar-refractivity contribution in [1.29, 1.82) is 0 Å². The number of thioether (sulfide) groups is 2. The van der Waals surface area contributed by atoms with Gasteiger partial charge in [0.1, 0.15) is 5.75 Å². The molecule has 0 atom stereocenters. The largest absolute Gasteiger partial charge is 0.492 e. The number of benzene rings is 1. The smallest absolute Gasteiger partial charge is 0.187 e. The molecule has 0 spiro atoms. The molecule has 0 radical (unpaired) electrons. The first-order valence-electron chi connectivity index (χ1n) is 5.38. The zero-order valence-electron chi connectivity index (χ0n) is 10.5. The summed E-state index contributed by atoms with van der Waals surface area (Å²) in [5.74, 6) is 0.563. The molecule has 0 amide bonds. The lowest BCUT2D eigenvalue weighted by Gasteiger charge is -2.06. The average molecular weight is 303 g/mol. The van der Waals surface area contributed by atoms with Crippen molar-refractivity contribution in [3.05, 3.63) is 39.1 Å². The topological polar surface area (TPSA) is 26.3 Å². The molecule has 0 unspecified atom stereocenters. The highest BCUT2D eigenvalue weighted by Crippen LogP contribution is 2.27. The van der Waals surface area contributed by atoms with Crippen LogP contribution in [0.25, 0.3) is 0 Å². The number of rotatable bonds is 6. The second-order valence-electron chi connectivity index (χ2n) is 3.31. The van der Waals surface area contributed by atoms with Gasteiger partial charge >= 0.3 is 0 Å². The van der Waals surface area contributed by atoms with Gasteiger partial charge < -0.3 is 4.74 Å². The highest BCUT2D eigenvalue weighted by Gasteiger charge is 2.08. The second-order valence-corrected chi connectivity index (χ2v) is 5.68. The predicted octanol–water partition coefficient (Wildman–Crippen LogP) is 4.49. The first-order chi connectivity index (χ1) is 8.62. The number of hydrogen-bond acceptors (Lipinski definition) is 4. The van der Waals surface area contributed by atoms with E-state index in [0.717, 1.165) is 4.24 Å².